The zero-order chi connectivity index (χ0) is 45.2. The standard InChI is InChI=1S/C53H93NO9/c1-6-11-16-18-20-22-24-26-31-35-44(57-37-13-8-3)40-47(55)54-49-51(62-48(56)41-45(58-38-14-9-4)36-32-27-25-23-21-19-17-12-7-2)50-46(61-53(49)59-39-15-10-5)42-60-52(63-50)43-33-29-28-30-34-43/h28-30,33-34,44-46,49-53H,6-27,31-32,35-42H2,1-5H3,(H,54,55)/t44-,45-,46?,49?,50-,51-,52?,53+/m1/s1. The molecule has 1 amide bonds. The summed E-state index contributed by atoms with van der Waals surface area (Å²) in [4.78, 5) is 28.4. The molecule has 8 atom stereocenters. The van der Waals surface area contributed by atoms with Crippen LogP contribution in [0.1, 0.15) is 226 Å². The second kappa shape index (κ2) is 36.1. The summed E-state index contributed by atoms with van der Waals surface area (Å²) in [7, 11) is 0. The zero-order valence-corrected chi connectivity index (χ0v) is 40.8. The van der Waals surface area contributed by atoms with Crippen LogP contribution in [0.2, 0.25) is 0 Å². The second-order valence-electron chi connectivity index (χ2n) is 18.3. The van der Waals surface area contributed by atoms with Crippen LogP contribution in [0.25, 0.3) is 0 Å². The molecule has 2 fully saturated rings. The Morgan fingerprint density at radius 3 is 1.63 bits per heavy atom. The fourth-order valence-corrected chi connectivity index (χ4v) is 8.61. The van der Waals surface area contributed by atoms with E-state index in [-0.39, 0.29) is 43.5 Å². The summed E-state index contributed by atoms with van der Waals surface area (Å²) in [5, 5.41) is 3.26. The first kappa shape index (κ1) is 55.2. The van der Waals surface area contributed by atoms with E-state index in [1.54, 1.807) is 0 Å². The van der Waals surface area contributed by atoms with Gasteiger partial charge in [0.2, 0.25) is 5.91 Å². The number of carbonyl (C=O) groups excluding carboxylic acids is 2. The Morgan fingerprint density at radius 1 is 0.603 bits per heavy atom. The first-order chi connectivity index (χ1) is 30.9. The van der Waals surface area contributed by atoms with Crippen molar-refractivity contribution in [3.63, 3.8) is 0 Å². The van der Waals surface area contributed by atoms with E-state index in [1.165, 1.54) is 89.9 Å². The maximum atomic E-state index is 14.2. The number of fused-ring (bicyclic) bond motifs is 1. The van der Waals surface area contributed by atoms with Crippen molar-refractivity contribution in [2.75, 3.05) is 26.4 Å². The van der Waals surface area contributed by atoms with Crippen molar-refractivity contribution in [1.82, 2.24) is 5.32 Å². The van der Waals surface area contributed by atoms with Gasteiger partial charge in [-0.15, -0.1) is 0 Å². The summed E-state index contributed by atoms with van der Waals surface area (Å²) in [6.07, 6.45) is 25.8. The van der Waals surface area contributed by atoms with Gasteiger partial charge in [0.25, 0.3) is 0 Å². The molecule has 3 unspecified atom stereocenters. The summed E-state index contributed by atoms with van der Waals surface area (Å²) in [5.74, 6) is -0.551. The van der Waals surface area contributed by atoms with Crippen molar-refractivity contribution in [1.29, 1.82) is 0 Å². The molecule has 10 nitrogen and oxygen atoms in total. The Balaban J connectivity index is 1.78. The third-order valence-corrected chi connectivity index (χ3v) is 12.6. The van der Waals surface area contributed by atoms with Crippen molar-refractivity contribution in [2.45, 2.75) is 264 Å². The second-order valence-corrected chi connectivity index (χ2v) is 18.3. The minimum absolute atomic E-state index is 0.127. The molecule has 2 heterocycles. The minimum Gasteiger partial charge on any atom is -0.457 e. The van der Waals surface area contributed by atoms with Crippen LogP contribution in [0, 0.1) is 0 Å². The number of carbonyl (C=O) groups is 2. The summed E-state index contributed by atoms with van der Waals surface area (Å²) in [6, 6.07) is 8.96. The minimum atomic E-state index is -0.886. The number of ether oxygens (including phenoxy) is 7. The molecule has 3 rings (SSSR count). The van der Waals surface area contributed by atoms with Crippen LogP contribution in [-0.2, 0) is 42.7 Å². The van der Waals surface area contributed by atoms with Gasteiger partial charge in [0.05, 0.1) is 31.7 Å². The predicted octanol–water partition coefficient (Wildman–Crippen LogP) is 13.0. The molecular weight excluding hydrogens is 795 g/mol. The number of benzene rings is 1. The Morgan fingerprint density at radius 2 is 1.10 bits per heavy atom. The molecule has 2 saturated heterocycles. The van der Waals surface area contributed by atoms with E-state index in [0.29, 0.717) is 19.8 Å². The average molecular weight is 888 g/mol. The highest BCUT2D eigenvalue weighted by molar-refractivity contribution is 5.77. The van der Waals surface area contributed by atoms with Gasteiger partial charge in [-0.05, 0) is 32.1 Å². The molecule has 10 heteroatoms. The van der Waals surface area contributed by atoms with E-state index in [0.717, 1.165) is 82.6 Å². The molecule has 0 saturated carbocycles. The lowest BCUT2D eigenvalue weighted by molar-refractivity contribution is -0.345. The number of amides is 1. The quantitative estimate of drug-likeness (QED) is 0.0510. The molecule has 63 heavy (non-hydrogen) atoms. The number of hydrogen-bond donors (Lipinski definition) is 1. The fraction of sp³-hybridized carbons (Fsp3) is 0.849. The van der Waals surface area contributed by atoms with Gasteiger partial charge < -0.3 is 38.5 Å². The van der Waals surface area contributed by atoms with Crippen LogP contribution in [-0.4, -0.2) is 81.2 Å². The van der Waals surface area contributed by atoms with Crippen LogP contribution in [0.15, 0.2) is 30.3 Å². The molecule has 1 N–H and O–H groups in total. The third kappa shape index (κ3) is 23.8. The molecule has 2 aliphatic heterocycles. The van der Waals surface area contributed by atoms with Gasteiger partial charge >= 0.3 is 5.97 Å². The van der Waals surface area contributed by atoms with E-state index in [1.807, 2.05) is 30.3 Å². The maximum absolute atomic E-state index is 14.2. The zero-order valence-electron chi connectivity index (χ0n) is 40.8. The molecule has 0 aliphatic carbocycles. The first-order valence-corrected chi connectivity index (χ1v) is 26.2. The molecule has 2 aliphatic rings. The lowest BCUT2D eigenvalue weighted by atomic mass is 9.94. The summed E-state index contributed by atoms with van der Waals surface area (Å²) in [6.45, 7) is 12.8. The molecule has 0 aromatic heterocycles. The van der Waals surface area contributed by atoms with Crippen LogP contribution in [0.3, 0.4) is 0 Å². The average Bonchev–Trinajstić information content (AvgIpc) is 3.29. The third-order valence-electron chi connectivity index (χ3n) is 12.6. The molecule has 0 radical (unpaired) electrons. The molecule has 0 bridgehead atoms. The molecular formula is C53H93NO9. The topological polar surface area (TPSA) is 111 Å². The van der Waals surface area contributed by atoms with E-state index in [9.17, 15) is 9.59 Å². The fourth-order valence-electron chi connectivity index (χ4n) is 8.61. The van der Waals surface area contributed by atoms with Crippen LogP contribution in [0.5, 0.6) is 0 Å². The van der Waals surface area contributed by atoms with Crippen molar-refractivity contribution in [2.24, 2.45) is 0 Å². The van der Waals surface area contributed by atoms with Gasteiger partial charge in [-0.2, -0.15) is 0 Å². The lowest BCUT2D eigenvalue weighted by Gasteiger charge is -2.49. The van der Waals surface area contributed by atoms with Gasteiger partial charge in [0.15, 0.2) is 18.7 Å². The normalized spacial score (nSPS) is 22.0. The van der Waals surface area contributed by atoms with Crippen molar-refractivity contribution < 1.29 is 42.7 Å². The van der Waals surface area contributed by atoms with E-state index < -0.39 is 36.9 Å². The van der Waals surface area contributed by atoms with Gasteiger partial charge in [-0.1, -0.05) is 200 Å². The van der Waals surface area contributed by atoms with E-state index >= 15 is 0 Å². The maximum Gasteiger partial charge on any atom is 0.308 e. The van der Waals surface area contributed by atoms with Crippen molar-refractivity contribution >= 4 is 11.9 Å². The number of rotatable bonds is 39. The van der Waals surface area contributed by atoms with Crippen LogP contribution < -0.4 is 5.32 Å². The van der Waals surface area contributed by atoms with Crippen LogP contribution >= 0.6 is 0 Å². The SMILES string of the molecule is CCCCCCCCCCC[C@H](CC(=O)NC1[C@@H](OCCCC)OC2COC(c3ccccc3)O[C@H]2[C@@H]1OC(=O)C[C@@H](CCCCCCCCCCC)OCCCC)OCCCC. The van der Waals surface area contributed by atoms with Crippen molar-refractivity contribution in [3.8, 4) is 0 Å². The number of unbranched alkanes of at least 4 members (excludes halogenated alkanes) is 19. The number of esters is 1. The predicted molar refractivity (Wildman–Crippen MR) is 254 cm³/mol. The highest BCUT2D eigenvalue weighted by atomic mass is 16.8. The molecule has 1 aromatic carbocycles. The summed E-state index contributed by atoms with van der Waals surface area (Å²) >= 11 is 0. The van der Waals surface area contributed by atoms with Gasteiger partial charge in [0, 0.05) is 25.4 Å². The Hall–Kier alpha value is -2.08. The smallest absolute Gasteiger partial charge is 0.308 e. The van der Waals surface area contributed by atoms with E-state index in [4.69, 9.17) is 33.2 Å². The van der Waals surface area contributed by atoms with Gasteiger partial charge in [0.1, 0.15) is 18.2 Å². The molecule has 1 aromatic rings. The van der Waals surface area contributed by atoms with Gasteiger partial charge in [-0.3, -0.25) is 9.59 Å². The number of nitrogens with one attached hydrogen (secondary N) is 1. The lowest BCUT2D eigenvalue weighted by Crippen LogP contribution is -2.68. The first-order valence-electron chi connectivity index (χ1n) is 26.2. The largest absolute Gasteiger partial charge is 0.457 e. The Labute approximate surface area is 384 Å². The summed E-state index contributed by atoms with van der Waals surface area (Å²) < 4.78 is 45.1. The number of hydrogen-bond acceptors (Lipinski definition) is 9. The summed E-state index contributed by atoms with van der Waals surface area (Å²) in [5.41, 5.74) is 0.858. The highest BCUT2D eigenvalue weighted by Crippen LogP contribution is 2.36. The van der Waals surface area contributed by atoms with Crippen LogP contribution in [0.4, 0.5) is 0 Å². The Kier molecular flexibility index (Phi) is 31.6. The molecule has 0 spiro atoms. The van der Waals surface area contributed by atoms with Crippen molar-refractivity contribution in [3.05, 3.63) is 35.9 Å². The van der Waals surface area contributed by atoms with Gasteiger partial charge in [-0.25, -0.2) is 0 Å². The Bertz CT molecular complexity index is 1250. The monoisotopic (exact) mass is 888 g/mol. The highest BCUT2D eigenvalue weighted by Gasteiger charge is 2.53. The molecule has 364 valence electrons. The van der Waals surface area contributed by atoms with E-state index in [2.05, 4.69) is 39.9 Å².